The van der Waals surface area contributed by atoms with Crippen molar-refractivity contribution in [3.63, 3.8) is 0 Å². The van der Waals surface area contributed by atoms with Gasteiger partial charge in [0.1, 0.15) is 7.05 Å². The molecule has 1 aromatic carbocycles. The van der Waals surface area contributed by atoms with Gasteiger partial charge < -0.3 is 4.90 Å². The Morgan fingerprint density at radius 3 is 2.40 bits per heavy atom. The van der Waals surface area contributed by atoms with Crippen molar-refractivity contribution in [2.45, 2.75) is 112 Å². The summed E-state index contributed by atoms with van der Waals surface area (Å²) in [4.78, 5) is 2.64. The predicted octanol–water partition coefficient (Wildman–Crippen LogP) is 12.1. The molecule has 5 rings (SSSR count). The van der Waals surface area contributed by atoms with E-state index in [1.165, 1.54) is 83.6 Å². The molecule has 45 heavy (non-hydrogen) atoms. The van der Waals surface area contributed by atoms with Crippen LogP contribution >= 0.6 is 11.6 Å². The van der Waals surface area contributed by atoms with Crippen LogP contribution in [0.25, 0.3) is 0 Å². The fourth-order valence-corrected chi connectivity index (χ4v) is 7.39. The molecule has 2 aliphatic heterocycles. The minimum absolute atomic E-state index is 0.0166. The Kier molecular flexibility index (Phi) is 13.5. The van der Waals surface area contributed by atoms with E-state index < -0.39 is 0 Å². The molecule has 0 unspecified atom stereocenters. The number of hydrogen-bond donors (Lipinski definition) is 0. The number of nitrogens with zero attached hydrogens (tertiary/aromatic N) is 2. The number of fused-ring (bicyclic) bond motifs is 1. The minimum Gasteiger partial charge on any atom is -0.344 e. The molecule has 244 valence electrons. The molecule has 0 saturated carbocycles. The number of alkyl halides is 1. The van der Waals surface area contributed by atoms with Gasteiger partial charge in [-0.25, -0.2) is 0 Å². The van der Waals surface area contributed by atoms with Gasteiger partial charge in [-0.3, -0.25) is 0 Å². The first kappa shape index (κ1) is 36.6. The number of halogens is 1. The molecule has 0 fully saturated rings. The van der Waals surface area contributed by atoms with Crippen molar-refractivity contribution in [2.75, 3.05) is 20.0 Å². The number of hydrogen-bond acceptors (Lipinski definition) is 1. The monoisotopic (exact) mass is 627 g/mol. The zero-order chi connectivity index (χ0) is 33.2. The zero-order valence-electron chi connectivity index (χ0n) is 29.9. The van der Waals surface area contributed by atoms with Crippen LogP contribution in [0.4, 0.5) is 5.69 Å². The van der Waals surface area contributed by atoms with Crippen molar-refractivity contribution in [1.82, 2.24) is 4.90 Å². The number of benzene rings is 1. The summed E-state index contributed by atoms with van der Waals surface area (Å²) in [6, 6.07) is 8.82. The lowest BCUT2D eigenvalue weighted by Crippen LogP contribution is -2.26. The lowest BCUT2D eigenvalue weighted by molar-refractivity contribution is -0.401. The van der Waals surface area contributed by atoms with Crippen LogP contribution in [0, 0.1) is 5.41 Å². The Hall–Kier alpha value is -2.84. The summed E-state index contributed by atoms with van der Waals surface area (Å²) < 4.78 is 2.37. The highest BCUT2D eigenvalue weighted by atomic mass is 35.5. The van der Waals surface area contributed by atoms with E-state index in [4.69, 9.17) is 0 Å². The van der Waals surface area contributed by atoms with E-state index in [1.807, 2.05) is 13.8 Å². The van der Waals surface area contributed by atoms with E-state index >= 15 is 0 Å². The third kappa shape index (κ3) is 8.31. The normalized spacial score (nSPS) is 21.4. The zero-order valence-corrected chi connectivity index (χ0v) is 30.7. The fourth-order valence-electron chi connectivity index (χ4n) is 7.39. The third-order valence-electron chi connectivity index (χ3n) is 9.76. The van der Waals surface area contributed by atoms with Gasteiger partial charge in [0.15, 0.2) is 5.71 Å². The van der Waals surface area contributed by atoms with Gasteiger partial charge in [0, 0.05) is 47.4 Å². The highest BCUT2D eigenvalue weighted by Crippen LogP contribution is 2.50. The molecule has 2 aliphatic carbocycles. The third-order valence-corrected chi connectivity index (χ3v) is 9.76. The van der Waals surface area contributed by atoms with Crippen molar-refractivity contribution < 1.29 is 4.58 Å². The van der Waals surface area contributed by atoms with Crippen molar-refractivity contribution in [1.29, 1.82) is 0 Å². The highest BCUT2D eigenvalue weighted by Gasteiger charge is 2.43. The molecular weight excluding hydrogens is 568 g/mol. The molecular formula is C42H60ClN2+. The minimum atomic E-state index is 0.0166. The summed E-state index contributed by atoms with van der Waals surface area (Å²) in [7, 11) is 2.21. The van der Waals surface area contributed by atoms with Crippen molar-refractivity contribution in [2.24, 2.45) is 5.41 Å². The van der Waals surface area contributed by atoms with Crippen LogP contribution < -0.4 is 0 Å². The van der Waals surface area contributed by atoms with E-state index in [-0.39, 0.29) is 10.8 Å². The van der Waals surface area contributed by atoms with Gasteiger partial charge in [-0.1, -0.05) is 82.2 Å². The first-order valence-electron chi connectivity index (χ1n) is 17.3. The van der Waals surface area contributed by atoms with Gasteiger partial charge in [0.05, 0.1) is 5.41 Å². The molecule has 0 amide bonds. The fraction of sp³-hybridized carbons (Fsp3) is 0.500. The Morgan fingerprint density at radius 2 is 1.69 bits per heavy atom. The molecule has 4 aliphatic rings. The van der Waals surface area contributed by atoms with E-state index in [0.29, 0.717) is 0 Å². The first-order chi connectivity index (χ1) is 21.6. The topological polar surface area (TPSA) is 6.25 Å². The van der Waals surface area contributed by atoms with Crippen LogP contribution in [0.15, 0.2) is 107 Å². The lowest BCUT2D eigenvalue weighted by Gasteiger charge is -2.29. The predicted molar refractivity (Wildman–Crippen MR) is 200 cm³/mol. The molecule has 0 spiro atoms. The van der Waals surface area contributed by atoms with Gasteiger partial charge in [0.25, 0.3) is 0 Å². The first-order valence-corrected chi connectivity index (χ1v) is 18.1. The highest BCUT2D eigenvalue weighted by molar-refractivity contribution is 6.15. The van der Waals surface area contributed by atoms with E-state index in [9.17, 15) is 0 Å². The Balaban J connectivity index is 0.00000133. The van der Waals surface area contributed by atoms with Gasteiger partial charge in [-0.05, 0) is 101 Å². The van der Waals surface area contributed by atoms with Crippen LogP contribution in [0.1, 0.15) is 112 Å². The smallest absolute Gasteiger partial charge is 0.209 e. The second-order valence-corrected chi connectivity index (χ2v) is 13.6. The molecule has 0 N–H and O–H groups in total. The van der Waals surface area contributed by atoms with Crippen LogP contribution in [0.5, 0.6) is 0 Å². The van der Waals surface area contributed by atoms with Gasteiger partial charge in [-0.15, -0.1) is 18.2 Å². The van der Waals surface area contributed by atoms with Crippen LogP contribution in [-0.2, 0) is 5.41 Å². The van der Waals surface area contributed by atoms with Crippen LogP contribution in [-0.4, -0.2) is 35.2 Å². The number of allylic oxidation sites excluding steroid dienone is 11. The second-order valence-electron chi connectivity index (χ2n) is 13.6. The molecule has 2 heterocycles. The van der Waals surface area contributed by atoms with E-state index in [2.05, 4.69) is 136 Å². The molecule has 0 saturated heterocycles. The van der Waals surface area contributed by atoms with Gasteiger partial charge >= 0.3 is 0 Å². The van der Waals surface area contributed by atoms with E-state index in [0.717, 1.165) is 32.2 Å². The molecule has 0 radical (unpaired) electrons. The van der Waals surface area contributed by atoms with Crippen LogP contribution in [0.3, 0.4) is 0 Å². The maximum atomic E-state index is 4.64. The average molecular weight is 628 g/mol. The summed E-state index contributed by atoms with van der Waals surface area (Å²) >= 11 is 4.64. The Bertz CT molecular complexity index is 1420. The van der Waals surface area contributed by atoms with E-state index in [1.54, 1.807) is 5.57 Å². The van der Waals surface area contributed by atoms with Crippen molar-refractivity contribution in [3.05, 3.63) is 113 Å². The molecule has 3 heteroatoms. The summed E-state index contributed by atoms with van der Waals surface area (Å²) in [6.07, 6.45) is 29.1. The largest absolute Gasteiger partial charge is 0.344 e. The SMILES string of the molecule is C=C(C)CCCCCN1C2=C(CCC=C2)C(C)(C)/C1=C\C=C1C=C(/C=C/C2=[N+](C)c3ccccc3C2(C)C)CCC\1.CC.CCl. The Morgan fingerprint density at radius 1 is 0.956 bits per heavy atom. The quantitative estimate of drug-likeness (QED) is 0.114. The average Bonchev–Trinajstić information content (AvgIpc) is 3.38. The summed E-state index contributed by atoms with van der Waals surface area (Å²) in [5, 5.41) is 0. The molecule has 1 aromatic rings. The van der Waals surface area contributed by atoms with Crippen molar-refractivity contribution >= 4 is 23.0 Å². The molecule has 2 nitrogen and oxygen atoms in total. The van der Waals surface area contributed by atoms with Gasteiger partial charge in [-0.2, -0.15) is 4.58 Å². The molecule has 0 atom stereocenters. The number of unbranched alkanes of at least 4 members (excludes halogenated alkanes) is 2. The summed E-state index contributed by atoms with van der Waals surface area (Å²) in [5.41, 5.74) is 13.0. The molecule has 0 bridgehead atoms. The standard InChI is InChI=1S/C39H51N2.C2H6.CH3Cl/c1-29(2)16-9-8-14-27-41-35-22-13-11-20-33(35)39(5,6)37(41)26-24-31-18-15-17-30(28-31)23-25-36-38(3,4)32-19-10-12-21-34(32)40(36)7;2*1-2/h10,12-13,19,21-26,28H,1,8-9,11,14-18,20,27H2,2-7H3;1-2H3;1H3/q+1;;. The summed E-state index contributed by atoms with van der Waals surface area (Å²) in [6.45, 7) is 20.9. The number of rotatable bonds is 9. The van der Waals surface area contributed by atoms with Gasteiger partial charge in [0.2, 0.25) is 5.69 Å². The lowest BCUT2D eigenvalue weighted by atomic mass is 9.79. The maximum Gasteiger partial charge on any atom is 0.209 e. The molecule has 0 aromatic heterocycles. The van der Waals surface area contributed by atoms with Crippen molar-refractivity contribution in [3.8, 4) is 0 Å². The second kappa shape index (κ2) is 16.6. The maximum absolute atomic E-state index is 4.64. The number of para-hydroxylation sites is 1. The summed E-state index contributed by atoms with van der Waals surface area (Å²) in [5.74, 6) is 0. The Labute approximate surface area is 281 Å². The van der Waals surface area contributed by atoms with Crippen LogP contribution in [0.2, 0.25) is 0 Å².